The molecule has 0 unspecified atom stereocenters. The van der Waals surface area contributed by atoms with Crippen LogP contribution < -0.4 is 5.32 Å². The van der Waals surface area contributed by atoms with E-state index < -0.39 is 5.97 Å². The molecule has 0 aromatic carbocycles. The van der Waals surface area contributed by atoms with Crippen LogP contribution in [0, 0.1) is 12.8 Å². The third-order valence-corrected chi connectivity index (χ3v) is 6.84. The highest BCUT2D eigenvalue weighted by Crippen LogP contribution is 2.40. The maximum Gasteiger partial charge on any atom is 0.341 e. The van der Waals surface area contributed by atoms with Crippen LogP contribution in [0.4, 0.5) is 5.00 Å². The van der Waals surface area contributed by atoms with Crippen LogP contribution in [0.25, 0.3) is 0 Å². The minimum Gasteiger partial charge on any atom is -0.465 e. The summed E-state index contributed by atoms with van der Waals surface area (Å²) in [4.78, 5) is 26.0. The van der Waals surface area contributed by atoms with Crippen molar-refractivity contribution in [2.24, 2.45) is 5.92 Å². The number of rotatable bonds is 7. The molecule has 3 rings (SSSR count). The fourth-order valence-electron chi connectivity index (χ4n) is 3.26. The van der Waals surface area contributed by atoms with Crippen molar-refractivity contribution in [2.45, 2.75) is 44.8 Å². The molecule has 2 aromatic heterocycles. The minimum absolute atomic E-state index is 0.175. The van der Waals surface area contributed by atoms with Gasteiger partial charge in [0.15, 0.2) is 5.16 Å². The molecule has 9 heteroatoms. The molecule has 0 spiro atoms. The van der Waals surface area contributed by atoms with Gasteiger partial charge in [0.2, 0.25) is 5.91 Å². The summed E-state index contributed by atoms with van der Waals surface area (Å²) in [7, 11) is 1.37. The highest BCUT2D eigenvalue weighted by atomic mass is 32.2. The van der Waals surface area contributed by atoms with Gasteiger partial charge in [-0.1, -0.05) is 24.8 Å². The Labute approximate surface area is 172 Å². The Morgan fingerprint density at radius 2 is 2.25 bits per heavy atom. The number of nitrogens with zero attached hydrogens (tertiary/aromatic N) is 3. The number of hydrogen-bond acceptors (Lipinski definition) is 7. The number of anilines is 1. The molecule has 1 N–H and O–H groups in total. The lowest BCUT2D eigenvalue weighted by atomic mass is 9.88. The molecular weight excluding hydrogens is 396 g/mol. The molecule has 7 nitrogen and oxygen atoms in total. The summed E-state index contributed by atoms with van der Waals surface area (Å²) in [6, 6.07) is 0. The number of allylic oxidation sites excluding steroid dienone is 1. The zero-order chi connectivity index (χ0) is 20.3. The van der Waals surface area contributed by atoms with E-state index in [9.17, 15) is 9.59 Å². The lowest BCUT2D eigenvalue weighted by Crippen LogP contribution is -2.17. The lowest BCUT2D eigenvalue weighted by Gasteiger charge is -2.18. The molecule has 1 amide bonds. The first-order chi connectivity index (χ1) is 13.4. The number of thiophene rings is 1. The SMILES string of the molecule is C=CCn1c(C)nnc1SCC(=O)Nc1sc2c(c1C(=O)OC)CC[C@@H](C)C2. The molecule has 28 heavy (non-hydrogen) atoms. The number of aromatic nitrogens is 3. The van der Waals surface area contributed by atoms with E-state index >= 15 is 0 Å². The van der Waals surface area contributed by atoms with Crippen molar-refractivity contribution < 1.29 is 14.3 Å². The van der Waals surface area contributed by atoms with Crippen LogP contribution in [0.1, 0.15) is 40.0 Å². The van der Waals surface area contributed by atoms with Gasteiger partial charge in [-0.25, -0.2) is 4.79 Å². The molecule has 1 atom stereocenters. The van der Waals surface area contributed by atoms with Crippen LogP contribution in [0.3, 0.4) is 0 Å². The number of esters is 1. The first-order valence-corrected chi connectivity index (χ1v) is 10.9. The van der Waals surface area contributed by atoms with E-state index in [2.05, 4.69) is 29.0 Å². The van der Waals surface area contributed by atoms with Crippen LogP contribution in [0.5, 0.6) is 0 Å². The van der Waals surface area contributed by atoms with Crippen LogP contribution in [-0.4, -0.2) is 39.5 Å². The molecule has 0 fully saturated rings. The summed E-state index contributed by atoms with van der Waals surface area (Å²) in [6.07, 6.45) is 4.57. The van der Waals surface area contributed by atoms with Gasteiger partial charge in [-0.15, -0.1) is 28.1 Å². The fraction of sp³-hybridized carbons (Fsp3) is 0.474. The smallest absolute Gasteiger partial charge is 0.341 e. The predicted octanol–water partition coefficient (Wildman–Crippen LogP) is 3.48. The van der Waals surface area contributed by atoms with E-state index in [1.54, 1.807) is 6.08 Å². The molecule has 0 bridgehead atoms. The van der Waals surface area contributed by atoms with E-state index in [1.807, 2.05) is 11.5 Å². The highest BCUT2D eigenvalue weighted by molar-refractivity contribution is 7.99. The third-order valence-electron chi connectivity index (χ3n) is 4.70. The van der Waals surface area contributed by atoms with Crippen molar-refractivity contribution in [1.82, 2.24) is 14.8 Å². The van der Waals surface area contributed by atoms with Gasteiger partial charge in [0.1, 0.15) is 10.8 Å². The van der Waals surface area contributed by atoms with E-state index in [0.29, 0.717) is 28.2 Å². The Morgan fingerprint density at radius 3 is 2.96 bits per heavy atom. The molecule has 0 saturated carbocycles. The number of amides is 1. The number of thioether (sulfide) groups is 1. The number of fused-ring (bicyclic) bond motifs is 1. The fourth-order valence-corrected chi connectivity index (χ4v) is 5.47. The lowest BCUT2D eigenvalue weighted by molar-refractivity contribution is -0.113. The van der Waals surface area contributed by atoms with Crippen molar-refractivity contribution in [3.63, 3.8) is 0 Å². The number of aryl methyl sites for hydroxylation is 1. The van der Waals surface area contributed by atoms with E-state index in [0.717, 1.165) is 30.7 Å². The Bertz CT molecular complexity index is 903. The molecule has 2 heterocycles. The van der Waals surface area contributed by atoms with Gasteiger partial charge >= 0.3 is 5.97 Å². The molecule has 1 aliphatic rings. The maximum atomic E-state index is 12.5. The molecule has 0 aliphatic heterocycles. The normalized spacial score (nSPS) is 15.8. The van der Waals surface area contributed by atoms with Gasteiger partial charge in [-0.3, -0.25) is 4.79 Å². The number of nitrogens with one attached hydrogen (secondary N) is 1. The Morgan fingerprint density at radius 1 is 1.46 bits per heavy atom. The van der Waals surface area contributed by atoms with Crippen LogP contribution in [0.2, 0.25) is 0 Å². The number of carbonyl (C=O) groups is 2. The minimum atomic E-state index is -0.392. The summed E-state index contributed by atoms with van der Waals surface area (Å²) in [5, 5.41) is 12.3. The molecule has 150 valence electrons. The molecule has 0 saturated heterocycles. The average molecular weight is 421 g/mol. The second-order valence-corrected chi connectivity index (χ2v) is 8.86. The van der Waals surface area contributed by atoms with Crippen LogP contribution >= 0.6 is 23.1 Å². The van der Waals surface area contributed by atoms with Crippen molar-refractivity contribution in [1.29, 1.82) is 0 Å². The summed E-state index contributed by atoms with van der Waals surface area (Å²) in [5.41, 5.74) is 1.54. The summed E-state index contributed by atoms with van der Waals surface area (Å²) in [6.45, 7) is 8.39. The first kappa shape index (κ1) is 20.6. The third kappa shape index (κ3) is 4.30. The number of methoxy groups -OCH3 is 1. The monoisotopic (exact) mass is 420 g/mol. The zero-order valence-electron chi connectivity index (χ0n) is 16.3. The van der Waals surface area contributed by atoms with Crippen LogP contribution in [-0.2, 0) is 28.9 Å². The van der Waals surface area contributed by atoms with Crippen LogP contribution in [0.15, 0.2) is 17.8 Å². The topological polar surface area (TPSA) is 86.1 Å². The van der Waals surface area contributed by atoms with Crippen molar-refractivity contribution in [3.05, 3.63) is 34.5 Å². The second-order valence-electron chi connectivity index (χ2n) is 6.81. The summed E-state index contributed by atoms with van der Waals surface area (Å²) in [5.74, 6) is 0.949. The largest absolute Gasteiger partial charge is 0.465 e. The standard InChI is InChI=1S/C19H24N4O3S2/c1-5-8-23-12(3)21-22-19(23)27-10-15(24)20-17-16(18(25)26-4)13-7-6-11(2)9-14(13)28-17/h5,11H,1,6-10H2,2-4H3,(H,20,24)/t11-/m1/s1. The van der Waals surface area contributed by atoms with Crippen molar-refractivity contribution >= 4 is 40.0 Å². The molecule has 1 aliphatic carbocycles. The Kier molecular flexibility index (Phi) is 6.56. The van der Waals surface area contributed by atoms with Gasteiger partial charge in [0, 0.05) is 11.4 Å². The summed E-state index contributed by atoms with van der Waals surface area (Å²) < 4.78 is 6.86. The molecule has 0 radical (unpaired) electrons. The molecule has 2 aromatic rings. The first-order valence-electron chi connectivity index (χ1n) is 9.10. The maximum absolute atomic E-state index is 12.5. The number of ether oxygens (including phenoxy) is 1. The van der Waals surface area contributed by atoms with E-state index in [1.165, 1.54) is 35.1 Å². The Balaban J connectivity index is 1.73. The van der Waals surface area contributed by atoms with Gasteiger partial charge in [0.25, 0.3) is 0 Å². The second kappa shape index (κ2) is 8.91. The quantitative estimate of drug-likeness (QED) is 0.419. The van der Waals surface area contributed by atoms with Gasteiger partial charge in [0.05, 0.1) is 18.4 Å². The number of hydrogen-bond donors (Lipinski definition) is 1. The van der Waals surface area contributed by atoms with Gasteiger partial charge < -0.3 is 14.6 Å². The zero-order valence-corrected chi connectivity index (χ0v) is 17.9. The van der Waals surface area contributed by atoms with Gasteiger partial charge in [-0.2, -0.15) is 0 Å². The summed E-state index contributed by atoms with van der Waals surface area (Å²) >= 11 is 2.79. The van der Waals surface area contributed by atoms with Crippen molar-refractivity contribution in [3.8, 4) is 0 Å². The number of carbonyl (C=O) groups excluding carboxylic acids is 2. The van der Waals surface area contributed by atoms with Gasteiger partial charge in [-0.05, 0) is 37.7 Å². The van der Waals surface area contributed by atoms with Crippen molar-refractivity contribution in [2.75, 3.05) is 18.2 Å². The highest BCUT2D eigenvalue weighted by Gasteiger charge is 2.29. The predicted molar refractivity (Wildman–Crippen MR) is 111 cm³/mol. The van der Waals surface area contributed by atoms with E-state index in [-0.39, 0.29) is 11.7 Å². The average Bonchev–Trinajstić information content (AvgIpc) is 3.19. The Hall–Kier alpha value is -2.13. The van der Waals surface area contributed by atoms with E-state index in [4.69, 9.17) is 4.74 Å². The molecular formula is C19H24N4O3S2.